The molecule has 4 rings (SSSR count). The number of halogens is 1. The summed E-state index contributed by atoms with van der Waals surface area (Å²) in [5.41, 5.74) is 1.87. The first kappa shape index (κ1) is 22.3. The van der Waals surface area contributed by atoms with Crippen LogP contribution in [0.3, 0.4) is 0 Å². The highest BCUT2D eigenvalue weighted by atomic mass is 79.9. The average Bonchev–Trinajstić information content (AvgIpc) is 3.47. The summed E-state index contributed by atoms with van der Waals surface area (Å²) in [4.78, 5) is 26.6. The second kappa shape index (κ2) is 10.6. The van der Waals surface area contributed by atoms with Crippen LogP contribution in [0.1, 0.15) is 10.4 Å². The summed E-state index contributed by atoms with van der Waals surface area (Å²) in [6.07, 6.45) is 0.615. The Hall–Kier alpha value is -2.88. The highest BCUT2D eigenvalue weighted by Crippen LogP contribution is 2.27. The molecule has 1 unspecified atom stereocenters. The lowest BCUT2D eigenvalue weighted by atomic mass is 10.1. The van der Waals surface area contributed by atoms with E-state index >= 15 is 0 Å². The monoisotopic (exact) mass is 526 g/mol. The molecule has 0 aliphatic rings. The van der Waals surface area contributed by atoms with E-state index in [0.29, 0.717) is 16.6 Å². The number of thiophene rings is 1. The van der Waals surface area contributed by atoms with Gasteiger partial charge >= 0.3 is 0 Å². The molecule has 162 valence electrons. The summed E-state index contributed by atoms with van der Waals surface area (Å²) in [6, 6.07) is 20.4. The SMILES string of the molecule is O=C(Cc1cccs1)NC(Cc1ccccc1)C(=O)Nc1nnc(-c2ccc(Br)cc2)s1. The topological polar surface area (TPSA) is 84.0 Å². The molecule has 0 fully saturated rings. The number of nitrogens with one attached hydrogen (secondary N) is 2. The largest absolute Gasteiger partial charge is 0.344 e. The van der Waals surface area contributed by atoms with Crippen LogP contribution < -0.4 is 10.6 Å². The molecular weight excluding hydrogens is 508 g/mol. The van der Waals surface area contributed by atoms with Crippen molar-refractivity contribution < 1.29 is 9.59 Å². The standard InChI is InChI=1S/C23H19BrN4O2S2/c24-17-10-8-16(9-11-17)22-27-28-23(32-22)26-21(30)19(13-15-5-2-1-3-6-15)25-20(29)14-18-7-4-12-31-18/h1-12,19H,13-14H2,(H,25,29)(H,26,28,30). The minimum atomic E-state index is -0.732. The fourth-order valence-electron chi connectivity index (χ4n) is 3.05. The molecule has 2 heterocycles. The number of aromatic nitrogens is 2. The fraction of sp³-hybridized carbons (Fsp3) is 0.130. The third kappa shape index (κ3) is 6.09. The number of anilines is 1. The van der Waals surface area contributed by atoms with E-state index in [1.54, 1.807) is 0 Å². The van der Waals surface area contributed by atoms with Crippen molar-refractivity contribution in [2.24, 2.45) is 0 Å². The van der Waals surface area contributed by atoms with Crippen LogP contribution in [0.5, 0.6) is 0 Å². The molecule has 2 aromatic heterocycles. The van der Waals surface area contributed by atoms with Crippen molar-refractivity contribution in [3.05, 3.63) is 87.0 Å². The van der Waals surface area contributed by atoms with E-state index in [0.717, 1.165) is 20.5 Å². The van der Waals surface area contributed by atoms with Gasteiger partial charge in [-0.3, -0.25) is 14.9 Å². The van der Waals surface area contributed by atoms with Crippen LogP contribution in [0.15, 0.2) is 76.6 Å². The van der Waals surface area contributed by atoms with Gasteiger partial charge in [0.05, 0.1) is 6.42 Å². The summed E-state index contributed by atoms with van der Waals surface area (Å²) in [5.74, 6) is -0.525. The van der Waals surface area contributed by atoms with Crippen LogP contribution in [0.4, 0.5) is 5.13 Å². The Kier molecular flexibility index (Phi) is 7.41. The first-order chi connectivity index (χ1) is 15.6. The number of carbonyl (C=O) groups is 2. The molecular formula is C23H19BrN4O2S2. The van der Waals surface area contributed by atoms with Crippen LogP contribution in [0, 0.1) is 0 Å². The molecule has 0 aliphatic heterocycles. The lowest BCUT2D eigenvalue weighted by Crippen LogP contribution is -2.45. The van der Waals surface area contributed by atoms with Gasteiger partial charge in [-0.25, -0.2) is 0 Å². The molecule has 2 N–H and O–H groups in total. The van der Waals surface area contributed by atoms with Gasteiger partial charge in [-0.15, -0.1) is 21.5 Å². The van der Waals surface area contributed by atoms with Crippen LogP contribution >= 0.6 is 38.6 Å². The predicted octanol–water partition coefficient (Wildman–Crippen LogP) is 4.94. The average molecular weight is 527 g/mol. The Balaban J connectivity index is 1.46. The number of nitrogens with zero attached hydrogens (tertiary/aromatic N) is 2. The van der Waals surface area contributed by atoms with Crippen molar-refractivity contribution in [1.29, 1.82) is 0 Å². The van der Waals surface area contributed by atoms with Crippen molar-refractivity contribution >= 4 is 55.5 Å². The Morgan fingerprint density at radius 3 is 2.47 bits per heavy atom. The zero-order valence-corrected chi connectivity index (χ0v) is 20.0. The van der Waals surface area contributed by atoms with E-state index in [1.165, 1.54) is 22.7 Å². The number of benzene rings is 2. The molecule has 0 bridgehead atoms. The number of hydrogen-bond acceptors (Lipinski definition) is 6. The van der Waals surface area contributed by atoms with E-state index in [-0.39, 0.29) is 18.2 Å². The van der Waals surface area contributed by atoms with E-state index in [2.05, 4.69) is 36.8 Å². The van der Waals surface area contributed by atoms with Gasteiger partial charge in [0.15, 0.2) is 0 Å². The van der Waals surface area contributed by atoms with Gasteiger partial charge in [-0.2, -0.15) is 0 Å². The third-order valence-corrected chi connectivity index (χ3v) is 6.89. The molecule has 32 heavy (non-hydrogen) atoms. The van der Waals surface area contributed by atoms with Gasteiger partial charge in [-0.05, 0) is 29.1 Å². The van der Waals surface area contributed by atoms with Crippen molar-refractivity contribution in [3.63, 3.8) is 0 Å². The molecule has 2 amide bonds. The predicted molar refractivity (Wildman–Crippen MR) is 132 cm³/mol. The molecule has 0 saturated carbocycles. The van der Waals surface area contributed by atoms with Crippen molar-refractivity contribution in [2.75, 3.05) is 5.32 Å². The van der Waals surface area contributed by atoms with Crippen LogP contribution in [-0.4, -0.2) is 28.1 Å². The minimum Gasteiger partial charge on any atom is -0.344 e. The summed E-state index contributed by atoms with van der Waals surface area (Å²) < 4.78 is 0.973. The first-order valence-electron chi connectivity index (χ1n) is 9.83. The molecule has 9 heteroatoms. The molecule has 1 atom stereocenters. The molecule has 0 aliphatic carbocycles. The van der Waals surface area contributed by atoms with Crippen molar-refractivity contribution in [3.8, 4) is 10.6 Å². The number of hydrogen-bond donors (Lipinski definition) is 2. The molecule has 0 saturated heterocycles. The fourth-order valence-corrected chi connectivity index (χ4v) is 4.77. The smallest absolute Gasteiger partial charge is 0.249 e. The van der Waals surface area contributed by atoms with E-state index in [1.807, 2.05) is 72.1 Å². The normalized spacial score (nSPS) is 11.7. The summed E-state index contributed by atoms with van der Waals surface area (Å²) in [7, 11) is 0. The molecule has 0 radical (unpaired) electrons. The maximum atomic E-state index is 13.1. The van der Waals surface area contributed by atoms with Gasteiger partial charge in [-0.1, -0.05) is 75.8 Å². The maximum absolute atomic E-state index is 13.1. The zero-order valence-electron chi connectivity index (χ0n) is 16.8. The van der Waals surface area contributed by atoms with Crippen molar-refractivity contribution in [2.45, 2.75) is 18.9 Å². The van der Waals surface area contributed by atoms with Gasteiger partial charge in [0.2, 0.25) is 16.9 Å². The third-order valence-electron chi connectivity index (χ3n) is 4.60. The molecule has 0 spiro atoms. The zero-order chi connectivity index (χ0) is 22.3. The minimum absolute atomic E-state index is 0.198. The number of rotatable bonds is 8. The van der Waals surface area contributed by atoms with Gasteiger partial charge in [0.25, 0.3) is 0 Å². The lowest BCUT2D eigenvalue weighted by molar-refractivity contribution is -0.126. The highest BCUT2D eigenvalue weighted by molar-refractivity contribution is 9.10. The van der Waals surface area contributed by atoms with Crippen molar-refractivity contribution in [1.82, 2.24) is 15.5 Å². The Morgan fingerprint density at radius 1 is 0.969 bits per heavy atom. The van der Waals surface area contributed by atoms with Crippen LogP contribution in [0.2, 0.25) is 0 Å². The summed E-state index contributed by atoms with van der Waals surface area (Å²) in [6.45, 7) is 0. The Labute approximate surface area is 201 Å². The highest BCUT2D eigenvalue weighted by Gasteiger charge is 2.23. The molecule has 4 aromatic rings. The van der Waals surface area contributed by atoms with E-state index in [4.69, 9.17) is 0 Å². The number of carbonyl (C=O) groups excluding carboxylic acids is 2. The van der Waals surface area contributed by atoms with E-state index < -0.39 is 6.04 Å². The Morgan fingerprint density at radius 2 is 1.75 bits per heavy atom. The lowest BCUT2D eigenvalue weighted by Gasteiger charge is -2.17. The van der Waals surface area contributed by atoms with Gasteiger partial charge in [0, 0.05) is 21.3 Å². The second-order valence-corrected chi connectivity index (χ2v) is 9.90. The van der Waals surface area contributed by atoms with Crippen LogP contribution in [-0.2, 0) is 22.4 Å². The van der Waals surface area contributed by atoms with E-state index in [9.17, 15) is 9.59 Å². The first-order valence-corrected chi connectivity index (χ1v) is 12.3. The van der Waals surface area contributed by atoms with Gasteiger partial charge < -0.3 is 5.32 Å². The second-order valence-electron chi connectivity index (χ2n) is 6.97. The Bertz CT molecular complexity index is 1180. The summed E-state index contributed by atoms with van der Waals surface area (Å²) >= 11 is 6.21. The molecule has 2 aromatic carbocycles. The van der Waals surface area contributed by atoms with Crippen LogP contribution in [0.25, 0.3) is 10.6 Å². The quantitative estimate of drug-likeness (QED) is 0.340. The number of amides is 2. The van der Waals surface area contributed by atoms with Gasteiger partial charge in [0.1, 0.15) is 11.0 Å². The molecule has 6 nitrogen and oxygen atoms in total. The maximum Gasteiger partial charge on any atom is 0.249 e. The summed E-state index contributed by atoms with van der Waals surface area (Å²) in [5, 5.41) is 17.0.